The molecule has 1 nitrogen and oxygen atoms in total. The van der Waals surface area contributed by atoms with Crippen LogP contribution in [0.3, 0.4) is 0 Å². The largest absolute Gasteiger partial charge is 0.384 e. The molecular weight excluding hydrogens is 324 g/mol. The summed E-state index contributed by atoms with van der Waals surface area (Å²) in [6.07, 6.45) is 0.933. The Bertz CT molecular complexity index is 507. The molecule has 0 N–H and O–H groups in total. The van der Waals surface area contributed by atoms with E-state index in [4.69, 9.17) is 16.3 Å². The molecule has 3 heteroatoms. The quantitative estimate of drug-likeness (QED) is 0.699. The van der Waals surface area contributed by atoms with Gasteiger partial charge in [-0.05, 0) is 35.2 Å². The molecule has 2 rings (SSSR count). The SMILES string of the molecule is COCCc1ccc(C(Cl)c2ccc(Br)cc2)cc1. The van der Waals surface area contributed by atoms with E-state index in [2.05, 4.69) is 40.2 Å². The van der Waals surface area contributed by atoms with Crippen LogP contribution in [0.4, 0.5) is 0 Å². The highest BCUT2D eigenvalue weighted by molar-refractivity contribution is 9.10. The van der Waals surface area contributed by atoms with Crippen molar-refractivity contribution >= 4 is 27.5 Å². The first-order valence-corrected chi connectivity index (χ1v) is 7.41. The van der Waals surface area contributed by atoms with Crippen LogP contribution in [0.25, 0.3) is 0 Å². The summed E-state index contributed by atoms with van der Waals surface area (Å²) in [5.74, 6) is 0. The van der Waals surface area contributed by atoms with Crippen molar-refractivity contribution < 1.29 is 4.74 Å². The number of hydrogen-bond donors (Lipinski definition) is 0. The minimum atomic E-state index is -0.107. The van der Waals surface area contributed by atoms with E-state index < -0.39 is 0 Å². The van der Waals surface area contributed by atoms with E-state index in [0.29, 0.717) is 0 Å². The van der Waals surface area contributed by atoms with Gasteiger partial charge in [-0.15, -0.1) is 11.6 Å². The molecule has 0 spiro atoms. The van der Waals surface area contributed by atoms with Crippen LogP contribution >= 0.6 is 27.5 Å². The van der Waals surface area contributed by atoms with Crippen molar-refractivity contribution in [2.75, 3.05) is 13.7 Å². The monoisotopic (exact) mass is 338 g/mol. The molecule has 1 atom stereocenters. The number of rotatable bonds is 5. The summed E-state index contributed by atoms with van der Waals surface area (Å²) in [5, 5.41) is -0.107. The van der Waals surface area contributed by atoms with Crippen molar-refractivity contribution in [3.8, 4) is 0 Å². The van der Waals surface area contributed by atoms with Crippen LogP contribution < -0.4 is 0 Å². The molecule has 19 heavy (non-hydrogen) atoms. The van der Waals surface area contributed by atoms with Gasteiger partial charge in [-0.2, -0.15) is 0 Å². The molecule has 0 fully saturated rings. The predicted molar refractivity (Wildman–Crippen MR) is 83.9 cm³/mol. The molecule has 0 amide bonds. The minimum absolute atomic E-state index is 0.107. The maximum atomic E-state index is 6.50. The van der Waals surface area contributed by atoms with Crippen LogP contribution in [-0.2, 0) is 11.2 Å². The lowest BCUT2D eigenvalue weighted by molar-refractivity contribution is 0.202. The first-order chi connectivity index (χ1) is 9.20. The molecule has 0 saturated carbocycles. The minimum Gasteiger partial charge on any atom is -0.384 e. The first-order valence-electron chi connectivity index (χ1n) is 6.18. The van der Waals surface area contributed by atoms with Gasteiger partial charge < -0.3 is 4.74 Å². The van der Waals surface area contributed by atoms with Gasteiger partial charge in [0, 0.05) is 11.6 Å². The molecule has 2 aromatic carbocycles. The van der Waals surface area contributed by atoms with Crippen molar-refractivity contribution in [3.63, 3.8) is 0 Å². The average Bonchev–Trinajstić information content (AvgIpc) is 2.46. The molecule has 0 aliphatic heterocycles. The smallest absolute Gasteiger partial charge is 0.0835 e. The summed E-state index contributed by atoms with van der Waals surface area (Å²) < 4.78 is 6.14. The van der Waals surface area contributed by atoms with Gasteiger partial charge in [0.2, 0.25) is 0 Å². The van der Waals surface area contributed by atoms with Gasteiger partial charge in [-0.3, -0.25) is 0 Å². The second-order valence-electron chi connectivity index (χ2n) is 4.40. The molecule has 0 heterocycles. The van der Waals surface area contributed by atoms with E-state index >= 15 is 0 Å². The Hall–Kier alpha value is -0.830. The fourth-order valence-corrected chi connectivity index (χ4v) is 2.45. The second-order valence-corrected chi connectivity index (χ2v) is 5.75. The molecular formula is C16H16BrClO. The van der Waals surface area contributed by atoms with Crippen LogP contribution in [0.1, 0.15) is 22.1 Å². The van der Waals surface area contributed by atoms with Crippen molar-refractivity contribution in [1.82, 2.24) is 0 Å². The highest BCUT2D eigenvalue weighted by Crippen LogP contribution is 2.29. The maximum absolute atomic E-state index is 6.50. The summed E-state index contributed by atoms with van der Waals surface area (Å²) in [6, 6.07) is 16.5. The van der Waals surface area contributed by atoms with Crippen LogP contribution in [0.15, 0.2) is 53.0 Å². The molecule has 2 aromatic rings. The summed E-state index contributed by atoms with van der Waals surface area (Å²) in [5.41, 5.74) is 3.49. The first kappa shape index (κ1) is 14.6. The number of hydrogen-bond acceptors (Lipinski definition) is 1. The van der Waals surface area contributed by atoms with Gasteiger partial charge in [0.1, 0.15) is 0 Å². The van der Waals surface area contributed by atoms with Crippen LogP contribution in [0, 0.1) is 0 Å². The Morgan fingerprint density at radius 2 is 1.53 bits per heavy atom. The van der Waals surface area contributed by atoms with Gasteiger partial charge in [-0.25, -0.2) is 0 Å². The van der Waals surface area contributed by atoms with E-state index in [9.17, 15) is 0 Å². The predicted octanol–water partition coefficient (Wildman–Crippen LogP) is 4.97. The van der Waals surface area contributed by atoms with Crippen molar-refractivity contribution in [3.05, 3.63) is 69.7 Å². The molecule has 0 aromatic heterocycles. The zero-order valence-electron chi connectivity index (χ0n) is 10.8. The number of alkyl halides is 1. The molecule has 0 saturated heterocycles. The van der Waals surface area contributed by atoms with Gasteiger partial charge >= 0.3 is 0 Å². The van der Waals surface area contributed by atoms with Crippen LogP contribution in [0.2, 0.25) is 0 Å². The Morgan fingerprint density at radius 3 is 2.05 bits per heavy atom. The molecule has 1 unspecified atom stereocenters. The lowest BCUT2D eigenvalue weighted by Crippen LogP contribution is -1.96. The van der Waals surface area contributed by atoms with Gasteiger partial charge in [0.05, 0.1) is 12.0 Å². The molecule has 0 aliphatic rings. The third kappa shape index (κ3) is 4.07. The number of benzene rings is 2. The van der Waals surface area contributed by atoms with Crippen LogP contribution in [0.5, 0.6) is 0 Å². The standard InChI is InChI=1S/C16H16BrClO/c1-19-11-10-12-2-4-13(5-3-12)16(18)14-6-8-15(17)9-7-14/h2-9,16H,10-11H2,1H3. The fourth-order valence-electron chi connectivity index (χ4n) is 1.90. The highest BCUT2D eigenvalue weighted by atomic mass is 79.9. The van der Waals surface area contributed by atoms with E-state index in [1.54, 1.807) is 7.11 Å². The van der Waals surface area contributed by atoms with Crippen molar-refractivity contribution in [2.45, 2.75) is 11.8 Å². The Labute approximate surface area is 127 Å². The Kier molecular flexibility index (Phi) is 5.44. The van der Waals surface area contributed by atoms with Crippen LogP contribution in [-0.4, -0.2) is 13.7 Å². The van der Waals surface area contributed by atoms with Crippen molar-refractivity contribution in [2.24, 2.45) is 0 Å². The summed E-state index contributed by atoms with van der Waals surface area (Å²) in [7, 11) is 1.72. The molecule has 100 valence electrons. The highest BCUT2D eigenvalue weighted by Gasteiger charge is 2.10. The third-order valence-electron chi connectivity index (χ3n) is 3.03. The Balaban J connectivity index is 2.10. The number of methoxy groups -OCH3 is 1. The summed E-state index contributed by atoms with van der Waals surface area (Å²) in [6.45, 7) is 0.746. The lowest BCUT2D eigenvalue weighted by atomic mass is 10.0. The maximum Gasteiger partial charge on any atom is 0.0835 e. The van der Waals surface area contributed by atoms with Gasteiger partial charge in [0.15, 0.2) is 0 Å². The number of ether oxygens (including phenoxy) is 1. The molecule has 0 radical (unpaired) electrons. The molecule has 0 bridgehead atoms. The lowest BCUT2D eigenvalue weighted by Gasteiger charge is -2.11. The van der Waals surface area contributed by atoms with E-state index in [1.807, 2.05) is 24.3 Å². The van der Waals surface area contributed by atoms with Gasteiger partial charge in [-0.1, -0.05) is 52.3 Å². The molecule has 0 aliphatic carbocycles. The summed E-state index contributed by atoms with van der Waals surface area (Å²) in [4.78, 5) is 0. The Morgan fingerprint density at radius 1 is 1.00 bits per heavy atom. The van der Waals surface area contributed by atoms with Crippen molar-refractivity contribution in [1.29, 1.82) is 0 Å². The third-order valence-corrected chi connectivity index (χ3v) is 4.06. The average molecular weight is 340 g/mol. The second kappa shape index (κ2) is 7.09. The van der Waals surface area contributed by atoms with Gasteiger partial charge in [0.25, 0.3) is 0 Å². The van der Waals surface area contributed by atoms with E-state index in [0.717, 1.165) is 28.6 Å². The topological polar surface area (TPSA) is 9.23 Å². The zero-order chi connectivity index (χ0) is 13.7. The van der Waals surface area contributed by atoms with E-state index in [1.165, 1.54) is 5.56 Å². The van der Waals surface area contributed by atoms with E-state index in [-0.39, 0.29) is 5.38 Å². The fraction of sp³-hybridized carbons (Fsp3) is 0.250. The number of halogens is 2. The zero-order valence-corrected chi connectivity index (χ0v) is 13.1. The normalized spacial score (nSPS) is 12.4. The summed E-state index contributed by atoms with van der Waals surface area (Å²) >= 11 is 9.93.